The van der Waals surface area contributed by atoms with Crippen LogP contribution in [0.2, 0.25) is 0 Å². The maximum Gasteiger partial charge on any atom is 0.376 e. The lowest BCUT2D eigenvalue weighted by Gasteiger charge is -2.39. The molecule has 0 rings (SSSR count). The van der Waals surface area contributed by atoms with E-state index in [1.165, 1.54) is 103 Å². The molecule has 0 N–H and O–H groups in total. The van der Waals surface area contributed by atoms with Crippen LogP contribution in [0.15, 0.2) is 12.2 Å². The normalized spacial score (nSPS) is 14.8. The number of unbranched alkanes of at least 4 members (excludes halogenated alkanes) is 15. The molecule has 0 amide bonds. The summed E-state index contributed by atoms with van der Waals surface area (Å²) in [5.74, 6) is 0. The molecule has 0 aliphatic rings. The van der Waals surface area contributed by atoms with Crippen molar-refractivity contribution < 1.29 is 13.9 Å². The first-order chi connectivity index (χ1) is 15.3. The van der Waals surface area contributed by atoms with Gasteiger partial charge >= 0.3 is 8.03 Å². The minimum absolute atomic E-state index is 0.523. The Labute approximate surface area is 202 Å². The van der Waals surface area contributed by atoms with Crippen molar-refractivity contribution in [3.8, 4) is 0 Å². The van der Waals surface area contributed by atoms with E-state index < -0.39 is 13.3 Å². The predicted molar refractivity (Wildman–Crippen MR) is 141 cm³/mol. The van der Waals surface area contributed by atoms with Crippen molar-refractivity contribution in [1.82, 2.24) is 0 Å². The van der Waals surface area contributed by atoms with Crippen LogP contribution in [-0.4, -0.2) is 30.9 Å². The van der Waals surface area contributed by atoms with E-state index in [-0.39, 0.29) is 0 Å². The Morgan fingerprint density at radius 3 is 1.41 bits per heavy atom. The van der Waals surface area contributed by atoms with Crippen LogP contribution in [0.3, 0.4) is 0 Å². The third-order valence-electron chi connectivity index (χ3n) is 7.08. The highest BCUT2D eigenvalue weighted by molar-refractivity contribution is 7.38. The Morgan fingerprint density at radius 1 is 0.625 bits per heavy atom. The summed E-state index contributed by atoms with van der Waals surface area (Å²) < 4.78 is 12.6. The second-order valence-corrected chi connectivity index (χ2v) is 12.1. The Morgan fingerprint density at radius 2 is 1.03 bits per heavy atom. The molecule has 0 saturated heterocycles. The lowest BCUT2D eigenvalue weighted by Crippen LogP contribution is -2.55. The molecule has 0 fully saturated rings. The summed E-state index contributed by atoms with van der Waals surface area (Å²) in [5, 5.41) is -0.588. The SMILES string of the molecule is CCCCC=CCCCCCCCCCCCCCCCC(CCC)([P+](=O)[O-])[N+](C)(C)C. The van der Waals surface area contributed by atoms with Gasteiger partial charge in [0.25, 0.3) is 5.28 Å². The van der Waals surface area contributed by atoms with Crippen molar-refractivity contribution in [1.29, 1.82) is 0 Å². The van der Waals surface area contributed by atoms with Crippen molar-refractivity contribution in [3.05, 3.63) is 12.2 Å². The molecule has 0 aliphatic heterocycles. The zero-order chi connectivity index (χ0) is 24.1. The van der Waals surface area contributed by atoms with Crippen LogP contribution < -0.4 is 4.89 Å². The molecule has 2 unspecified atom stereocenters. The van der Waals surface area contributed by atoms with E-state index >= 15 is 0 Å². The predicted octanol–water partition coefficient (Wildman–Crippen LogP) is 8.89. The molecule has 0 aromatic rings. The van der Waals surface area contributed by atoms with Crippen LogP contribution in [0.25, 0.3) is 0 Å². The maximum atomic E-state index is 12.1. The van der Waals surface area contributed by atoms with Crippen LogP contribution in [0, 0.1) is 0 Å². The number of quaternary nitrogens is 1. The lowest BCUT2D eigenvalue weighted by molar-refractivity contribution is -0.910. The average molecular weight is 471 g/mol. The third kappa shape index (κ3) is 14.8. The molecule has 3 nitrogen and oxygen atoms in total. The molecule has 190 valence electrons. The summed E-state index contributed by atoms with van der Waals surface area (Å²) in [6.45, 7) is 4.35. The van der Waals surface area contributed by atoms with E-state index in [2.05, 4.69) is 26.0 Å². The highest BCUT2D eigenvalue weighted by Gasteiger charge is 2.53. The molecule has 0 aliphatic carbocycles. The van der Waals surface area contributed by atoms with E-state index in [0.29, 0.717) is 4.48 Å². The zero-order valence-electron chi connectivity index (χ0n) is 22.5. The number of rotatable bonds is 23. The summed E-state index contributed by atoms with van der Waals surface area (Å²) >= 11 is 0. The average Bonchev–Trinajstić information content (AvgIpc) is 2.73. The first-order valence-electron chi connectivity index (χ1n) is 13.9. The molecule has 32 heavy (non-hydrogen) atoms. The van der Waals surface area contributed by atoms with Gasteiger partial charge in [0.15, 0.2) is 0 Å². The summed E-state index contributed by atoms with van der Waals surface area (Å²) in [6, 6.07) is 0. The largest absolute Gasteiger partial charge is 0.590 e. The van der Waals surface area contributed by atoms with Crippen LogP contribution in [0.1, 0.15) is 142 Å². The Kier molecular flexibility index (Phi) is 20.0. The summed E-state index contributed by atoms with van der Waals surface area (Å²) in [4.78, 5) is 12.1. The fourth-order valence-corrected chi connectivity index (χ4v) is 6.03. The van der Waals surface area contributed by atoms with E-state index in [4.69, 9.17) is 0 Å². The van der Waals surface area contributed by atoms with Crippen molar-refractivity contribution in [2.45, 2.75) is 148 Å². The Bertz CT molecular complexity index is 473. The van der Waals surface area contributed by atoms with Crippen molar-refractivity contribution in [2.24, 2.45) is 0 Å². The van der Waals surface area contributed by atoms with Gasteiger partial charge in [0.2, 0.25) is 0 Å². The molecule has 0 aromatic carbocycles. The molecule has 0 heterocycles. The zero-order valence-corrected chi connectivity index (χ0v) is 23.4. The summed E-state index contributed by atoms with van der Waals surface area (Å²) in [6.07, 6.45) is 29.7. The van der Waals surface area contributed by atoms with Gasteiger partial charge < -0.3 is 4.89 Å². The van der Waals surface area contributed by atoms with E-state index in [1.54, 1.807) is 0 Å². The topological polar surface area (TPSA) is 40.1 Å². The third-order valence-corrected chi connectivity index (χ3v) is 8.80. The summed E-state index contributed by atoms with van der Waals surface area (Å²) in [5.41, 5.74) is 0. The minimum atomic E-state index is -2.42. The quantitative estimate of drug-likeness (QED) is 0.0647. The first kappa shape index (κ1) is 31.8. The minimum Gasteiger partial charge on any atom is -0.590 e. The number of nitrogens with zero attached hydrogens (tertiary/aromatic N) is 1. The fourth-order valence-electron chi connectivity index (χ4n) is 4.80. The van der Waals surface area contributed by atoms with E-state index in [1.807, 2.05) is 21.1 Å². The van der Waals surface area contributed by atoms with Gasteiger partial charge in [0.1, 0.15) is 0 Å². The van der Waals surface area contributed by atoms with Crippen LogP contribution >= 0.6 is 8.03 Å². The Balaban J connectivity index is 3.59. The lowest BCUT2D eigenvalue weighted by atomic mass is 9.99. The first-order valence-corrected chi connectivity index (χ1v) is 15.1. The van der Waals surface area contributed by atoms with Crippen LogP contribution in [0.5, 0.6) is 0 Å². The molecule has 2 atom stereocenters. The standard InChI is InChI=1S/C28H57NO2P/c1-6-8-9-10-11-12-13-14-15-16-17-18-19-20-21-22-23-24-25-27-28(26-7-2,32(30)31)29(3,4)5/h10-11H,6-9,12-27H2,1-5H3/q+1. The van der Waals surface area contributed by atoms with Gasteiger partial charge in [0.05, 0.1) is 21.1 Å². The molecule has 0 saturated carbocycles. The number of allylic oxidation sites excluding steroid dienone is 2. The van der Waals surface area contributed by atoms with Gasteiger partial charge in [-0.3, -0.25) is 4.48 Å². The number of hydrogen-bond donors (Lipinski definition) is 0. The summed E-state index contributed by atoms with van der Waals surface area (Å²) in [7, 11) is 3.69. The smallest absolute Gasteiger partial charge is 0.376 e. The monoisotopic (exact) mass is 470 g/mol. The van der Waals surface area contributed by atoms with Gasteiger partial charge in [0, 0.05) is 12.8 Å². The molecular weight excluding hydrogens is 413 g/mol. The van der Waals surface area contributed by atoms with Crippen molar-refractivity contribution in [2.75, 3.05) is 21.1 Å². The molecule has 0 bridgehead atoms. The molecule has 0 radical (unpaired) electrons. The Hall–Kier alpha value is -0.240. The van der Waals surface area contributed by atoms with Gasteiger partial charge in [-0.2, -0.15) is 0 Å². The maximum absolute atomic E-state index is 12.1. The van der Waals surface area contributed by atoms with Gasteiger partial charge in [-0.1, -0.05) is 114 Å². The van der Waals surface area contributed by atoms with Crippen LogP contribution in [-0.2, 0) is 4.57 Å². The second-order valence-electron chi connectivity index (χ2n) is 10.8. The molecular formula is C28H57NO2P+. The van der Waals surface area contributed by atoms with Gasteiger partial charge in [-0.25, -0.2) is 0 Å². The van der Waals surface area contributed by atoms with Crippen molar-refractivity contribution >= 4 is 8.03 Å². The van der Waals surface area contributed by atoms with E-state index in [0.717, 1.165) is 25.7 Å². The molecule has 4 heteroatoms. The number of hydrogen-bond acceptors (Lipinski definition) is 2. The molecule has 0 spiro atoms. The second kappa shape index (κ2) is 20.2. The van der Waals surface area contributed by atoms with Gasteiger partial charge in [-0.15, -0.1) is 0 Å². The highest BCUT2D eigenvalue weighted by atomic mass is 31.1. The van der Waals surface area contributed by atoms with Gasteiger partial charge in [-0.05, 0) is 32.1 Å². The molecule has 0 aromatic heterocycles. The highest BCUT2D eigenvalue weighted by Crippen LogP contribution is 2.45. The van der Waals surface area contributed by atoms with Crippen LogP contribution in [0.4, 0.5) is 0 Å². The van der Waals surface area contributed by atoms with E-state index in [9.17, 15) is 9.46 Å². The fraction of sp³-hybridized carbons (Fsp3) is 0.929. The van der Waals surface area contributed by atoms with Crippen molar-refractivity contribution in [3.63, 3.8) is 0 Å².